The fourth-order valence-corrected chi connectivity index (χ4v) is 1.80. The highest BCUT2D eigenvalue weighted by atomic mass is 35.5. The summed E-state index contributed by atoms with van der Waals surface area (Å²) >= 11 is 5.75. The van der Waals surface area contributed by atoms with Gasteiger partial charge in [0, 0.05) is 10.6 Å². The van der Waals surface area contributed by atoms with Crippen molar-refractivity contribution < 1.29 is 18.7 Å². The van der Waals surface area contributed by atoms with Crippen LogP contribution < -0.4 is 10.5 Å². The van der Waals surface area contributed by atoms with Gasteiger partial charge in [0.15, 0.2) is 6.61 Å². The number of hydrogen-bond donors (Lipinski definition) is 1. The summed E-state index contributed by atoms with van der Waals surface area (Å²) in [6.45, 7) is -0.519. The zero-order valence-corrected chi connectivity index (χ0v) is 11.8. The van der Waals surface area contributed by atoms with Gasteiger partial charge in [0.05, 0.1) is 5.69 Å². The molecule has 0 heterocycles. The first-order valence-electron chi connectivity index (χ1n) is 6.13. The Kier molecular flexibility index (Phi) is 5.00. The number of para-hydroxylation sites is 2. The first kappa shape index (κ1) is 15.1. The summed E-state index contributed by atoms with van der Waals surface area (Å²) in [5.74, 6) is -0.721. The second-order valence-electron chi connectivity index (χ2n) is 4.22. The van der Waals surface area contributed by atoms with E-state index >= 15 is 0 Å². The fourth-order valence-electron chi connectivity index (χ4n) is 1.60. The summed E-state index contributed by atoms with van der Waals surface area (Å²) in [5.41, 5.74) is 6.29. The second kappa shape index (κ2) is 6.95. The van der Waals surface area contributed by atoms with Gasteiger partial charge in [-0.3, -0.25) is 0 Å². The summed E-state index contributed by atoms with van der Waals surface area (Å²) in [5, 5.41) is 0.371. The van der Waals surface area contributed by atoms with Crippen LogP contribution in [0.2, 0.25) is 5.02 Å². The number of anilines is 1. The van der Waals surface area contributed by atoms with Crippen LogP contribution >= 0.6 is 11.6 Å². The molecule has 21 heavy (non-hydrogen) atoms. The highest BCUT2D eigenvalue weighted by Crippen LogP contribution is 2.20. The van der Waals surface area contributed by atoms with Gasteiger partial charge < -0.3 is 15.2 Å². The van der Waals surface area contributed by atoms with Crippen LogP contribution in [0.25, 0.3) is 0 Å². The molecule has 0 fully saturated rings. The van der Waals surface area contributed by atoms with Gasteiger partial charge in [0.25, 0.3) is 0 Å². The number of nitrogen functional groups attached to an aromatic ring is 1. The molecule has 0 atom stereocenters. The quantitative estimate of drug-likeness (QED) is 0.680. The minimum atomic E-state index is -0.627. The maximum Gasteiger partial charge on any atom is 0.344 e. The van der Waals surface area contributed by atoms with Crippen molar-refractivity contribution in [3.05, 3.63) is 58.9 Å². The Hall–Kier alpha value is -2.27. The molecule has 4 nitrogen and oxygen atoms in total. The number of halogens is 2. The number of ether oxygens (including phenoxy) is 2. The standard InChI is InChI=1S/C15H13ClFNO3/c16-11-5-6-12(17)10(7-11)8-21-15(19)9-20-14-4-2-1-3-13(14)18/h1-7H,8-9,18H2. The molecule has 0 unspecified atom stereocenters. The van der Waals surface area contributed by atoms with E-state index in [-0.39, 0.29) is 18.8 Å². The number of benzene rings is 2. The van der Waals surface area contributed by atoms with Gasteiger partial charge in [0.2, 0.25) is 0 Å². The number of nitrogens with two attached hydrogens (primary N) is 1. The number of carbonyl (C=O) groups excluding carboxylic acids is 1. The summed E-state index contributed by atoms with van der Waals surface area (Å²) in [4.78, 5) is 11.6. The summed E-state index contributed by atoms with van der Waals surface area (Å²) in [7, 11) is 0. The number of rotatable bonds is 5. The predicted molar refractivity (Wildman–Crippen MR) is 77.6 cm³/mol. The van der Waals surface area contributed by atoms with Gasteiger partial charge in [-0.15, -0.1) is 0 Å². The Bertz CT molecular complexity index is 649. The van der Waals surface area contributed by atoms with Crippen LogP contribution in [-0.4, -0.2) is 12.6 Å². The van der Waals surface area contributed by atoms with E-state index in [0.29, 0.717) is 16.5 Å². The highest BCUT2D eigenvalue weighted by molar-refractivity contribution is 6.30. The lowest BCUT2D eigenvalue weighted by molar-refractivity contribution is -0.147. The van der Waals surface area contributed by atoms with E-state index < -0.39 is 11.8 Å². The third-order valence-corrected chi connectivity index (χ3v) is 2.90. The number of esters is 1. The van der Waals surface area contributed by atoms with Gasteiger partial charge in [-0.2, -0.15) is 0 Å². The van der Waals surface area contributed by atoms with E-state index in [0.717, 1.165) is 0 Å². The molecule has 0 aliphatic rings. The van der Waals surface area contributed by atoms with Crippen LogP contribution in [0, 0.1) is 5.82 Å². The minimum absolute atomic E-state index is 0.204. The molecular formula is C15H13ClFNO3. The third-order valence-electron chi connectivity index (χ3n) is 2.66. The largest absolute Gasteiger partial charge is 0.480 e. The van der Waals surface area contributed by atoms with E-state index in [4.69, 9.17) is 26.8 Å². The number of carbonyl (C=O) groups is 1. The molecule has 2 N–H and O–H groups in total. The van der Waals surface area contributed by atoms with Gasteiger partial charge in [-0.1, -0.05) is 23.7 Å². The zero-order valence-electron chi connectivity index (χ0n) is 11.0. The Morgan fingerprint density at radius 1 is 1.24 bits per heavy atom. The monoisotopic (exact) mass is 309 g/mol. The molecule has 2 aromatic carbocycles. The van der Waals surface area contributed by atoms with E-state index in [1.807, 2.05) is 0 Å². The molecule has 0 saturated carbocycles. The molecule has 2 aromatic rings. The molecular weight excluding hydrogens is 297 g/mol. The van der Waals surface area contributed by atoms with Crippen LogP contribution in [0.4, 0.5) is 10.1 Å². The van der Waals surface area contributed by atoms with Gasteiger partial charge in [-0.05, 0) is 30.3 Å². The first-order valence-corrected chi connectivity index (χ1v) is 6.51. The lowest BCUT2D eigenvalue weighted by Crippen LogP contribution is -2.15. The summed E-state index contributed by atoms with van der Waals surface area (Å²) < 4.78 is 23.6. The summed E-state index contributed by atoms with van der Waals surface area (Å²) in [6.07, 6.45) is 0. The van der Waals surface area contributed by atoms with Crippen molar-refractivity contribution in [1.82, 2.24) is 0 Å². The molecule has 6 heteroatoms. The second-order valence-corrected chi connectivity index (χ2v) is 4.66. The molecule has 2 rings (SSSR count). The van der Waals surface area contributed by atoms with Crippen LogP contribution in [0.1, 0.15) is 5.56 Å². The Morgan fingerprint density at radius 3 is 2.76 bits per heavy atom. The van der Waals surface area contributed by atoms with Gasteiger partial charge >= 0.3 is 5.97 Å². The average Bonchev–Trinajstić information content (AvgIpc) is 2.47. The average molecular weight is 310 g/mol. The van der Waals surface area contributed by atoms with Crippen molar-refractivity contribution in [2.75, 3.05) is 12.3 Å². The number of hydrogen-bond acceptors (Lipinski definition) is 4. The van der Waals surface area contributed by atoms with Crippen molar-refractivity contribution in [3.63, 3.8) is 0 Å². The van der Waals surface area contributed by atoms with E-state index in [1.54, 1.807) is 24.3 Å². The lowest BCUT2D eigenvalue weighted by atomic mass is 10.2. The molecule has 110 valence electrons. The van der Waals surface area contributed by atoms with Crippen LogP contribution in [0.3, 0.4) is 0 Å². The van der Waals surface area contributed by atoms with Crippen molar-refractivity contribution in [2.24, 2.45) is 0 Å². The van der Waals surface area contributed by atoms with Crippen LogP contribution in [0.5, 0.6) is 5.75 Å². The van der Waals surface area contributed by atoms with Gasteiger partial charge in [-0.25, -0.2) is 9.18 Å². The fraction of sp³-hybridized carbons (Fsp3) is 0.133. The SMILES string of the molecule is Nc1ccccc1OCC(=O)OCc1cc(Cl)ccc1F. The maximum absolute atomic E-state index is 13.4. The Labute approximate surface area is 126 Å². The van der Waals surface area contributed by atoms with Crippen LogP contribution in [0.15, 0.2) is 42.5 Å². The normalized spacial score (nSPS) is 10.2. The van der Waals surface area contributed by atoms with Gasteiger partial charge in [0.1, 0.15) is 18.2 Å². The molecule has 0 aliphatic carbocycles. The molecule has 0 bridgehead atoms. The molecule has 0 amide bonds. The van der Waals surface area contributed by atoms with Crippen molar-refractivity contribution in [3.8, 4) is 5.75 Å². The van der Waals surface area contributed by atoms with E-state index in [1.165, 1.54) is 18.2 Å². The third kappa shape index (κ3) is 4.36. The van der Waals surface area contributed by atoms with Crippen LogP contribution in [-0.2, 0) is 16.1 Å². The molecule has 0 aromatic heterocycles. The molecule has 0 radical (unpaired) electrons. The summed E-state index contributed by atoms with van der Waals surface area (Å²) in [6, 6.07) is 10.8. The van der Waals surface area contributed by atoms with Crippen molar-refractivity contribution in [1.29, 1.82) is 0 Å². The maximum atomic E-state index is 13.4. The van der Waals surface area contributed by atoms with E-state index in [2.05, 4.69) is 0 Å². The first-order chi connectivity index (χ1) is 10.1. The van der Waals surface area contributed by atoms with E-state index in [9.17, 15) is 9.18 Å². The Morgan fingerprint density at radius 2 is 2.00 bits per heavy atom. The molecule has 0 saturated heterocycles. The topological polar surface area (TPSA) is 61.5 Å². The van der Waals surface area contributed by atoms with Crippen molar-refractivity contribution >= 4 is 23.3 Å². The minimum Gasteiger partial charge on any atom is -0.480 e. The smallest absolute Gasteiger partial charge is 0.344 e. The molecule has 0 spiro atoms. The van der Waals surface area contributed by atoms with Crippen molar-refractivity contribution in [2.45, 2.75) is 6.61 Å². The predicted octanol–water partition coefficient (Wildman–Crippen LogP) is 3.18. The molecule has 0 aliphatic heterocycles. The lowest BCUT2D eigenvalue weighted by Gasteiger charge is -2.09. The highest BCUT2D eigenvalue weighted by Gasteiger charge is 2.09. The Balaban J connectivity index is 1.85. The zero-order chi connectivity index (χ0) is 15.2.